The summed E-state index contributed by atoms with van der Waals surface area (Å²) in [4.78, 5) is 0. The van der Waals surface area contributed by atoms with Gasteiger partial charge in [-0.05, 0) is 30.5 Å². The van der Waals surface area contributed by atoms with Gasteiger partial charge in [-0.25, -0.2) is 0 Å². The highest BCUT2D eigenvalue weighted by Gasteiger charge is 2.27. The van der Waals surface area contributed by atoms with Crippen molar-refractivity contribution in [1.29, 1.82) is 0 Å². The fraction of sp³-hybridized carbons (Fsp3) is 0.250. The number of para-hydroxylation sites is 1. The van der Waals surface area contributed by atoms with E-state index in [9.17, 15) is 5.11 Å². The quantitative estimate of drug-likeness (QED) is 0.844. The van der Waals surface area contributed by atoms with Gasteiger partial charge in [0.05, 0.1) is 12.1 Å². The molecule has 0 aliphatic carbocycles. The normalized spacial score (nSPS) is 19.1. The minimum Gasteiger partial charge on any atom is -0.386 e. The molecule has 0 saturated heterocycles. The third-order valence-corrected chi connectivity index (χ3v) is 3.56. The molecule has 2 unspecified atom stereocenters. The number of nitrogens with one attached hydrogen (secondary N) is 1. The summed E-state index contributed by atoms with van der Waals surface area (Å²) in [6.07, 6.45) is 0.419. The Labute approximate surface area is 107 Å². The summed E-state index contributed by atoms with van der Waals surface area (Å²) < 4.78 is 0. The Kier molecular flexibility index (Phi) is 2.80. The van der Waals surface area contributed by atoms with Gasteiger partial charge in [-0.2, -0.15) is 0 Å². The molecule has 0 saturated carbocycles. The number of hydrogen-bond acceptors (Lipinski definition) is 2. The first-order valence-electron chi connectivity index (χ1n) is 6.33. The molecule has 2 nitrogen and oxygen atoms in total. The fourth-order valence-electron chi connectivity index (χ4n) is 2.60. The highest BCUT2D eigenvalue weighted by Crippen LogP contribution is 2.31. The molecule has 1 aliphatic rings. The van der Waals surface area contributed by atoms with Crippen LogP contribution in [0.5, 0.6) is 0 Å². The monoisotopic (exact) mass is 239 g/mol. The van der Waals surface area contributed by atoms with Crippen LogP contribution in [0.25, 0.3) is 0 Å². The van der Waals surface area contributed by atoms with Crippen LogP contribution in [-0.2, 0) is 6.42 Å². The number of hydrogen-bond donors (Lipinski definition) is 2. The van der Waals surface area contributed by atoms with Gasteiger partial charge in [0.2, 0.25) is 0 Å². The van der Waals surface area contributed by atoms with Crippen molar-refractivity contribution in [2.75, 3.05) is 5.32 Å². The van der Waals surface area contributed by atoms with Crippen LogP contribution in [0.4, 0.5) is 5.69 Å². The molecule has 92 valence electrons. The molecular weight excluding hydrogens is 222 g/mol. The maximum atomic E-state index is 10.5. The zero-order valence-electron chi connectivity index (χ0n) is 10.4. The summed E-state index contributed by atoms with van der Waals surface area (Å²) in [5.74, 6) is 0. The van der Waals surface area contributed by atoms with E-state index in [0.717, 1.165) is 17.7 Å². The molecule has 0 aromatic heterocycles. The van der Waals surface area contributed by atoms with E-state index < -0.39 is 6.10 Å². The molecule has 2 atom stereocenters. The van der Waals surface area contributed by atoms with Crippen LogP contribution in [0.3, 0.4) is 0 Å². The van der Waals surface area contributed by atoms with E-state index in [1.807, 2.05) is 37.3 Å². The van der Waals surface area contributed by atoms with Gasteiger partial charge in [0.15, 0.2) is 0 Å². The second kappa shape index (κ2) is 4.46. The van der Waals surface area contributed by atoms with Crippen LogP contribution in [0.2, 0.25) is 0 Å². The molecule has 1 heterocycles. The van der Waals surface area contributed by atoms with Gasteiger partial charge in [0, 0.05) is 5.69 Å². The van der Waals surface area contributed by atoms with Crippen LogP contribution in [0.15, 0.2) is 48.5 Å². The zero-order valence-corrected chi connectivity index (χ0v) is 10.4. The van der Waals surface area contributed by atoms with Gasteiger partial charge in [-0.3, -0.25) is 0 Å². The van der Waals surface area contributed by atoms with Gasteiger partial charge < -0.3 is 10.4 Å². The average molecular weight is 239 g/mol. The predicted molar refractivity (Wildman–Crippen MR) is 73.7 cm³/mol. The van der Waals surface area contributed by atoms with E-state index in [1.165, 1.54) is 11.1 Å². The Morgan fingerprint density at radius 1 is 1.17 bits per heavy atom. The summed E-state index contributed by atoms with van der Waals surface area (Å²) >= 11 is 0. The van der Waals surface area contributed by atoms with Crippen molar-refractivity contribution < 1.29 is 5.11 Å². The molecule has 0 radical (unpaired) electrons. The van der Waals surface area contributed by atoms with Gasteiger partial charge in [-0.15, -0.1) is 0 Å². The van der Waals surface area contributed by atoms with Crippen molar-refractivity contribution in [1.82, 2.24) is 0 Å². The van der Waals surface area contributed by atoms with Gasteiger partial charge >= 0.3 is 0 Å². The molecule has 2 aromatic rings. The van der Waals surface area contributed by atoms with Crippen molar-refractivity contribution in [3.63, 3.8) is 0 Å². The van der Waals surface area contributed by atoms with E-state index in [4.69, 9.17) is 0 Å². The van der Waals surface area contributed by atoms with Crippen molar-refractivity contribution >= 4 is 5.69 Å². The Balaban J connectivity index is 1.82. The third-order valence-electron chi connectivity index (χ3n) is 3.56. The summed E-state index contributed by atoms with van der Waals surface area (Å²) in [6, 6.07) is 16.4. The van der Waals surface area contributed by atoms with Crippen molar-refractivity contribution in [2.45, 2.75) is 25.5 Å². The third kappa shape index (κ3) is 2.00. The summed E-state index contributed by atoms with van der Waals surface area (Å²) in [5, 5.41) is 13.9. The molecule has 0 amide bonds. The van der Waals surface area contributed by atoms with Crippen molar-refractivity contribution in [3.8, 4) is 0 Å². The number of fused-ring (bicyclic) bond motifs is 1. The highest BCUT2D eigenvalue weighted by molar-refractivity contribution is 5.57. The first kappa shape index (κ1) is 11.3. The summed E-state index contributed by atoms with van der Waals surface area (Å²) in [6.45, 7) is 2.05. The zero-order chi connectivity index (χ0) is 12.5. The molecule has 18 heavy (non-hydrogen) atoms. The number of aliphatic hydroxyl groups excluding tert-OH is 1. The predicted octanol–water partition coefficient (Wildman–Crippen LogP) is 3.07. The van der Waals surface area contributed by atoms with E-state index in [1.54, 1.807) is 0 Å². The molecular formula is C16H17NO. The first-order valence-corrected chi connectivity index (χ1v) is 6.33. The van der Waals surface area contributed by atoms with Gasteiger partial charge in [0.1, 0.15) is 0 Å². The SMILES string of the molecule is Cc1cccc(C(O)C2Cc3ccccc3N2)c1. The second-order valence-corrected chi connectivity index (χ2v) is 4.97. The van der Waals surface area contributed by atoms with E-state index >= 15 is 0 Å². The topological polar surface area (TPSA) is 32.3 Å². The number of rotatable bonds is 2. The van der Waals surface area contributed by atoms with Crippen LogP contribution in [0, 0.1) is 6.92 Å². The Bertz CT molecular complexity index is 540. The summed E-state index contributed by atoms with van der Waals surface area (Å²) in [7, 11) is 0. The van der Waals surface area contributed by atoms with Crippen LogP contribution >= 0.6 is 0 Å². The Morgan fingerprint density at radius 2 is 2.00 bits per heavy atom. The fourth-order valence-corrected chi connectivity index (χ4v) is 2.60. The first-order chi connectivity index (χ1) is 8.74. The number of aliphatic hydroxyl groups is 1. The molecule has 2 N–H and O–H groups in total. The molecule has 0 fully saturated rings. The highest BCUT2D eigenvalue weighted by atomic mass is 16.3. The van der Waals surface area contributed by atoms with E-state index in [0.29, 0.717) is 0 Å². The number of aryl methyl sites for hydroxylation is 1. The molecule has 0 spiro atoms. The lowest BCUT2D eigenvalue weighted by molar-refractivity contribution is 0.156. The molecule has 2 heteroatoms. The van der Waals surface area contributed by atoms with Crippen LogP contribution < -0.4 is 5.32 Å². The minimum absolute atomic E-state index is 0.0733. The number of anilines is 1. The molecule has 0 bridgehead atoms. The Hall–Kier alpha value is -1.80. The van der Waals surface area contributed by atoms with E-state index in [2.05, 4.69) is 23.5 Å². The standard InChI is InChI=1S/C16H17NO/c1-11-5-4-7-13(9-11)16(18)15-10-12-6-2-3-8-14(12)17-15/h2-9,15-18H,10H2,1H3. The average Bonchev–Trinajstić information content (AvgIpc) is 2.81. The Morgan fingerprint density at radius 3 is 2.78 bits per heavy atom. The smallest absolute Gasteiger partial charge is 0.0994 e. The molecule has 3 rings (SSSR count). The maximum Gasteiger partial charge on any atom is 0.0994 e. The van der Waals surface area contributed by atoms with Crippen LogP contribution in [0.1, 0.15) is 22.8 Å². The van der Waals surface area contributed by atoms with Crippen molar-refractivity contribution in [3.05, 3.63) is 65.2 Å². The van der Waals surface area contributed by atoms with Gasteiger partial charge in [-0.1, -0.05) is 48.0 Å². The molecule has 1 aliphatic heterocycles. The van der Waals surface area contributed by atoms with Crippen molar-refractivity contribution in [2.24, 2.45) is 0 Å². The lowest BCUT2D eigenvalue weighted by atomic mass is 9.98. The largest absolute Gasteiger partial charge is 0.386 e. The van der Waals surface area contributed by atoms with E-state index in [-0.39, 0.29) is 6.04 Å². The maximum absolute atomic E-state index is 10.5. The lowest BCUT2D eigenvalue weighted by Crippen LogP contribution is -2.24. The summed E-state index contributed by atoms with van der Waals surface area (Å²) in [5.41, 5.74) is 4.60. The van der Waals surface area contributed by atoms with Crippen LogP contribution in [-0.4, -0.2) is 11.1 Å². The second-order valence-electron chi connectivity index (χ2n) is 4.97. The lowest BCUT2D eigenvalue weighted by Gasteiger charge is -2.19. The minimum atomic E-state index is -0.461. The molecule has 2 aromatic carbocycles. The number of benzene rings is 2. The van der Waals surface area contributed by atoms with Gasteiger partial charge in [0.25, 0.3) is 0 Å².